The number of hydrogen-bond donors (Lipinski definition) is 1. The van der Waals surface area contributed by atoms with E-state index in [1.807, 2.05) is 50.2 Å². The van der Waals surface area contributed by atoms with Gasteiger partial charge in [-0.3, -0.25) is 4.79 Å². The number of ether oxygens (including phenoxy) is 2. The molecule has 0 fully saturated rings. The molecule has 0 aliphatic heterocycles. The van der Waals surface area contributed by atoms with Gasteiger partial charge in [0.25, 0.3) is 5.91 Å². The van der Waals surface area contributed by atoms with E-state index in [0.29, 0.717) is 12.5 Å². The van der Waals surface area contributed by atoms with Gasteiger partial charge >= 0.3 is 0 Å². The molecule has 0 aromatic heterocycles. The van der Waals surface area contributed by atoms with Crippen LogP contribution in [0.1, 0.15) is 37.8 Å². The Kier molecular flexibility index (Phi) is 6.87. The number of benzene rings is 2. The molecule has 2 rings (SSSR count). The van der Waals surface area contributed by atoms with Crippen molar-refractivity contribution < 1.29 is 14.3 Å². The fourth-order valence-electron chi connectivity index (χ4n) is 2.48. The van der Waals surface area contributed by atoms with Crippen molar-refractivity contribution in [3.8, 4) is 11.5 Å². The summed E-state index contributed by atoms with van der Waals surface area (Å²) in [4.78, 5) is 12.1. The lowest BCUT2D eigenvalue weighted by Crippen LogP contribution is -2.39. The maximum atomic E-state index is 12.1. The standard InChI is InChI=1S/C21H27NO3/c1-15(2)19-11-10-16(3)12-20(19)25-14-21(23)22-17(4)13-24-18-8-6-5-7-9-18/h5-12,15,17H,13-14H2,1-4H3,(H,22,23)/t17-/m1/s1. The molecule has 1 amide bonds. The first kappa shape index (κ1) is 18.8. The molecule has 134 valence electrons. The topological polar surface area (TPSA) is 47.6 Å². The quantitative estimate of drug-likeness (QED) is 0.787. The molecule has 0 saturated heterocycles. The highest BCUT2D eigenvalue weighted by molar-refractivity contribution is 5.77. The molecule has 25 heavy (non-hydrogen) atoms. The van der Waals surface area contributed by atoms with E-state index in [4.69, 9.17) is 9.47 Å². The molecule has 0 heterocycles. The fourth-order valence-corrected chi connectivity index (χ4v) is 2.48. The van der Waals surface area contributed by atoms with Crippen LogP contribution in [0.15, 0.2) is 48.5 Å². The van der Waals surface area contributed by atoms with Crippen LogP contribution in [0.25, 0.3) is 0 Å². The van der Waals surface area contributed by atoms with Crippen LogP contribution in [0.3, 0.4) is 0 Å². The smallest absolute Gasteiger partial charge is 0.258 e. The van der Waals surface area contributed by atoms with Crippen molar-refractivity contribution in [3.63, 3.8) is 0 Å². The first-order valence-corrected chi connectivity index (χ1v) is 8.66. The van der Waals surface area contributed by atoms with E-state index in [0.717, 1.165) is 22.6 Å². The van der Waals surface area contributed by atoms with E-state index in [1.54, 1.807) is 0 Å². The first-order chi connectivity index (χ1) is 12.0. The summed E-state index contributed by atoms with van der Waals surface area (Å²) >= 11 is 0. The Morgan fingerprint density at radius 1 is 1.04 bits per heavy atom. The first-order valence-electron chi connectivity index (χ1n) is 8.66. The predicted molar refractivity (Wildman–Crippen MR) is 100 cm³/mol. The number of carbonyl (C=O) groups is 1. The van der Waals surface area contributed by atoms with E-state index >= 15 is 0 Å². The van der Waals surface area contributed by atoms with Gasteiger partial charge in [-0.15, -0.1) is 0 Å². The SMILES string of the molecule is Cc1ccc(C(C)C)c(OCC(=O)N[C@H](C)COc2ccccc2)c1. The third-order valence-electron chi connectivity index (χ3n) is 3.80. The molecule has 0 aliphatic rings. The van der Waals surface area contributed by atoms with E-state index in [9.17, 15) is 4.79 Å². The molecular formula is C21H27NO3. The average Bonchev–Trinajstić information content (AvgIpc) is 2.59. The lowest BCUT2D eigenvalue weighted by Gasteiger charge is -2.17. The van der Waals surface area contributed by atoms with Crippen molar-refractivity contribution in [3.05, 3.63) is 59.7 Å². The Bertz CT molecular complexity index is 683. The molecule has 0 aliphatic carbocycles. The van der Waals surface area contributed by atoms with Crippen LogP contribution >= 0.6 is 0 Å². The van der Waals surface area contributed by atoms with Crippen molar-refractivity contribution in [2.45, 2.75) is 39.7 Å². The van der Waals surface area contributed by atoms with Crippen LogP contribution in [0.4, 0.5) is 0 Å². The summed E-state index contributed by atoms with van der Waals surface area (Å²) in [6, 6.07) is 15.6. The van der Waals surface area contributed by atoms with Crippen LogP contribution in [0, 0.1) is 6.92 Å². The van der Waals surface area contributed by atoms with Gasteiger partial charge in [-0.25, -0.2) is 0 Å². The maximum absolute atomic E-state index is 12.1. The van der Waals surface area contributed by atoms with Gasteiger partial charge < -0.3 is 14.8 Å². The molecule has 2 aromatic rings. The number of hydrogen-bond acceptors (Lipinski definition) is 3. The number of para-hydroxylation sites is 1. The third kappa shape index (κ3) is 6.14. The van der Waals surface area contributed by atoms with Gasteiger partial charge in [0.1, 0.15) is 18.1 Å². The highest BCUT2D eigenvalue weighted by Crippen LogP contribution is 2.27. The highest BCUT2D eigenvalue weighted by Gasteiger charge is 2.12. The normalized spacial score (nSPS) is 11.9. The zero-order chi connectivity index (χ0) is 18.2. The van der Waals surface area contributed by atoms with Gasteiger partial charge in [0.15, 0.2) is 6.61 Å². The molecule has 0 bridgehead atoms. The Labute approximate surface area is 150 Å². The largest absolute Gasteiger partial charge is 0.491 e. The van der Waals surface area contributed by atoms with Crippen LogP contribution < -0.4 is 14.8 Å². The maximum Gasteiger partial charge on any atom is 0.258 e. The molecule has 0 spiro atoms. The summed E-state index contributed by atoms with van der Waals surface area (Å²) in [7, 11) is 0. The minimum atomic E-state index is -0.152. The molecule has 4 heteroatoms. The summed E-state index contributed by atoms with van der Waals surface area (Å²) in [5.74, 6) is 1.76. The molecular weight excluding hydrogens is 314 g/mol. The summed E-state index contributed by atoms with van der Waals surface area (Å²) in [6.45, 7) is 8.56. The second-order valence-corrected chi connectivity index (χ2v) is 6.58. The van der Waals surface area contributed by atoms with Crippen molar-refractivity contribution in [1.29, 1.82) is 0 Å². The van der Waals surface area contributed by atoms with Gasteiger partial charge in [-0.2, -0.15) is 0 Å². The van der Waals surface area contributed by atoms with Crippen LogP contribution in [-0.4, -0.2) is 25.2 Å². The van der Waals surface area contributed by atoms with E-state index in [-0.39, 0.29) is 18.6 Å². The van der Waals surface area contributed by atoms with Gasteiger partial charge in [-0.1, -0.05) is 44.2 Å². The van der Waals surface area contributed by atoms with Gasteiger partial charge in [0.2, 0.25) is 0 Å². The minimum Gasteiger partial charge on any atom is -0.491 e. The van der Waals surface area contributed by atoms with Crippen molar-refractivity contribution in [2.75, 3.05) is 13.2 Å². The number of aryl methyl sites for hydroxylation is 1. The number of rotatable bonds is 8. The predicted octanol–water partition coefficient (Wildman–Crippen LogP) is 4.08. The lowest BCUT2D eigenvalue weighted by atomic mass is 10.0. The Morgan fingerprint density at radius 2 is 1.76 bits per heavy atom. The average molecular weight is 341 g/mol. The van der Waals surface area contributed by atoms with E-state index < -0.39 is 0 Å². The Morgan fingerprint density at radius 3 is 2.44 bits per heavy atom. The van der Waals surface area contributed by atoms with Gasteiger partial charge in [-0.05, 0) is 49.1 Å². The zero-order valence-corrected chi connectivity index (χ0v) is 15.4. The van der Waals surface area contributed by atoms with Crippen LogP contribution in [0.2, 0.25) is 0 Å². The fraction of sp³-hybridized carbons (Fsp3) is 0.381. The van der Waals surface area contributed by atoms with Gasteiger partial charge in [0, 0.05) is 0 Å². The second kappa shape index (κ2) is 9.11. The summed E-state index contributed by atoms with van der Waals surface area (Å²) < 4.78 is 11.4. The summed E-state index contributed by atoms with van der Waals surface area (Å²) in [5, 5.41) is 2.89. The number of nitrogens with one attached hydrogen (secondary N) is 1. The Hall–Kier alpha value is -2.49. The lowest BCUT2D eigenvalue weighted by molar-refractivity contribution is -0.123. The molecule has 1 atom stereocenters. The van der Waals surface area contributed by atoms with Crippen molar-refractivity contribution in [2.24, 2.45) is 0 Å². The monoisotopic (exact) mass is 341 g/mol. The van der Waals surface area contributed by atoms with Gasteiger partial charge in [0.05, 0.1) is 6.04 Å². The minimum absolute atomic E-state index is 0.00114. The molecule has 2 aromatic carbocycles. The summed E-state index contributed by atoms with van der Waals surface area (Å²) in [5.41, 5.74) is 2.23. The highest BCUT2D eigenvalue weighted by atomic mass is 16.5. The van der Waals surface area contributed by atoms with Crippen LogP contribution in [0.5, 0.6) is 11.5 Å². The molecule has 4 nitrogen and oxygen atoms in total. The Balaban J connectivity index is 1.81. The molecule has 0 unspecified atom stereocenters. The van der Waals surface area contributed by atoms with E-state index in [1.165, 1.54) is 0 Å². The van der Waals surface area contributed by atoms with E-state index in [2.05, 4.69) is 31.3 Å². The molecule has 0 radical (unpaired) electrons. The van der Waals surface area contributed by atoms with Crippen molar-refractivity contribution >= 4 is 5.91 Å². The summed E-state index contributed by atoms with van der Waals surface area (Å²) in [6.07, 6.45) is 0. The molecule has 0 saturated carbocycles. The number of carbonyl (C=O) groups excluding carboxylic acids is 1. The van der Waals surface area contributed by atoms with Crippen LogP contribution in [-0.2, 0) is 4.79 Å². The number of amides is 1. The van der Waals surface area contributed by atoms with Crippen molar-refractivity contribution in [1.82, 2.24) is 5.32 Å². The third-order valence-corrected chi connectivity index (χ3v) is 3.80. The zero-order valence-electron chi connectivity index (χ0n) is 15.4. The molecule has 1 N–H and O–H groups in total. The second-order valence-electron chi connectivity index (χ2n) is 6.58.